The number of rotatable bonds is 3. The van der Waals surface area contributed by atoms with Crippen molar-refractivity contribution in [2.75, 3.05) is 7.11 Å². The maximum absolute atomic E-state index is 9.77. The summed E-state index contributed by atoms with van der Waals surface area (Å²) in [5, 5.41) is 17.8. The van der Waals surface area contributed by atoms with Gasteiger partial charge < -0.3 is 20.2 Å². The molecule has 1 aromatic heterocycles. The molecule has 0 aliphatic rings. The van der Waals surface area contributed by atoms with Crippen LogP contribution in [0.2, 0.25) is 0 Å². The van der Waals surface area contributed by atoms with Gasteiger partial charge in [0, 0.05) is 22.7 Å². The first-order chi connectivity index (χ1) is 8.15. The van der Waals surface area contributed by atoms with Gasteiger partial charge in [0.2, 0.25) is 0 Å². The Balaban J connectivity index is 2.68. The quantitative estimate of drug-likeness (QED) is 0.733. The van der Waals surface area contributed by atoms with Crippen molar-refractivity contribution in [3.05, 3.63) is 28.8 Å². The van der Waals surface area contributed by atoms with E-state index in [-0.39, 0.29) is 10.9 Å². The summed E-state index contributed by atoms with van der Waals surface area (Å²) in [4.78, 5) is 2.83. The average molecular weight is 251 g/mol. The predicted octanol–water partition coefficient (Wildman–Crippen LogP) is 3.11. The van der Waals surface area contributed by atoms with Crippen LogP contribution in [0.25, 0.3) is 17.0 Å². The number of aromatic amines is 1. The van der Waals surface area contributed by atoms with Gasteiger partial charge in [-0.25, -0.2) is 0 Å². The summed E-state index contributed by atoms with van der Waals surface area (Å²) in [5.41, 5.74) is 1.33. The third-order valence-electron chi connectivity index (χ3n) is 2.45. The summed E-state index contributed by atoms with van der Waals surface area (Å²) in [6.07, 6.45) is 2.54. The lowest BCUT2D eigenvalue weighted by Crippen LogP contribution is -1.81. The van der Waals surface area contributed by atoms with Gasteiger partial charge in [-0.15, -0.1) is 0 Å². The summed E-state index contributed by atoms with van der Waals surface area (Å²) in [5.74, 6) is 0.713. The van der Waals surface area contributed by atoms with Crippen molar-refractivity contribution >= 4 is 34.8 Å². The molecule has 0 atom stereocenters. The molecule has 3 N–H and O–H groups in total. The van der Waals surface area contributed by atoms with Gasteiger partial charge in [0.05, 0.1) is 12.1 Å². The number of aromatic nitrogens is 1. The van der Waals surface area contributed by atoms with Crippen LogP contribution in [0, 0.1) is 5.41 Å². The van der Waals surface area contributed by atoms with E-state index in [2.05, 4.69) is 4.98 Å². The largest absolute Gasteiger partial charge is 0.497 e. The Morgan fingerprint density at radius 2 is 2.29 bits per heavy atom. The van der Waals surface area contributed by atoms with E-state index in [0.29, 0.717) is 11.3 Å². The van der Waals surface area contributed by atoms with E-state index in [1.54, 1.807) is 19.2 Å². The molecule has 88 valence electrons. The number of hydrogen-bond donors (Lipinski definition) is 3. The number of aromatic hydroxyl groups is 1. The minimum Gasteiger partial charge on any atom is -0.497 e. The van der Waals surface area contributed by atoms with Crippen molar-refractivity contribution in [3.8, 4) is 11.6 Å². The van der Waals surface area contributed by atoms with Gasteiger partial charge in [-0.2, -0.15) is 0 Å². The van der Waals surface area contributed by atoms with E-state index >= 15 is 0 Å². The number of allylic oxidation sites excluding steroid dienone is 1. The first kappa shape index (κ1) is 11.5. The number of H-pyrrole nitrogens is 1. The maximum Gasteiger partial charge on any atom is 0.196 e. The molecule has 0 unspecified atom stereocenters. The Morgan fingerprint density at radius 1 is 1.53 bits per heavy atom. The SMILES string of the molecule is COc1ccc2[nH]c(O)c(/C=C(/Cl)C=N)c2c1. The van der Waals surface area contributed by atoms with Gasteiger partial charge >= 0.3 is 0 Å². The van der Waals surface area contributed by atoms with Gasteiger partial charge in [-0.3, -0.25) is 0 Å². The molecule has 17 heavy (non-hydrogen) atoms. The smallest absolute Gasteiger partial charge is 0.196 e. The van der Waals surface area contributed by atoms with Crippen molar-refractivity contribution < 1.29 is 9.84 Å². The molecule has 0 aliphatic heterocycles. The highest BCUT2D eigenvalue weighted by atomic mass is 35.5. The zero-order valence-corrected chi connectivity index (χ0v) is 9.88. The molecular formula is C12H11ClN2O2. The van der Waals surface area contributed by atoms with Crippen LogP contribution >= 0.6 is 11.6 Å². The third-order valence-corrected chi connectivity index (χ3v) is 2.66. The molecule has 4 nitrogen and oxygen atoms in total. The Hall–Kier alpha value is -1.94. The lowest BCUT2D eigenvalue weighted by Gasteiger charge is -1.99. The van der Waals surface area contributed by atoms with Crippen LogP contribution in [-0.4, -0.2) is 23.4 Å². The van der Waals surface area contributed by atoms with Gasteiger partial charge in [-0.05, 0) is 24.3 Å². The molecule has 1 heterocycles. The van der Waals surface area contributed by atoms with Crippen molar-refractivity contribution in [3.63, 3.8) is 0 Å². The fraction of sp³-hybridized carbons (Fsp3) is 0.0833. The molecule has 0 radical (unpaired) electrons. The second-order valence-electron chi connectivity index (χ2n) is 3.47. The molecule has 0 saturated carbocycles. The van der Waals surface area contributed by atoms with Gasteiger partial charge in [0.25, 0.3) is 0 Å². The van der Waals surface area contributed by atoms with Crippen molar-refractivity contribution in [1.82, 2.24) is 4.98 Å². The lowest BCUT2D eigenvalue weighted by atomic mass is 10.1. The molecule has 1 aromatic carbocycles. The molecule has 0 amide bonds. The van der Waals surface area contributed by atoms with E-state index in [1.807, 2.05) is 6.07 Å². The van der Waals surface area contributed by atoms with Crippen LogP contribution in [-0.2, 0) is 0 Å². The molecule has 0 fully saturated rings. The Labute approximate surface area is 103 Å². The molecule has 2 aromatic rings. The fourth-order valence-corrected chi connectivity index (χ4v) is 1.74. The number of benzene rings is 1. The van der Waals surface area contributed by atoms with Crippen LogP contribution < -0.4 is 4.74 Å². The minimum atomic E-state index is 0.0215. The van der Waals surface area contributed by atoms with E-state index in [9.17, 15) is 5.11 Å². The zero-order chi connectivity index (χ0) is 12.4. The lowest BCUT2D eigenvalue weighted by molar-refractivity contribution is 0.415. The third kappa shape index (κ3) is 2.12. The van der Waals surface area contributed by atoms with Gasteiger partial charge in [-0.1, -0.05) is 11.6 Å². The van der Waals surface area contributed by atoms with Crippen LogP contribution in [0.3, 0.4) is 0 Å². The van der Waals surface area contributed by atoms with Crippen molar-refractivity contribution in [2.24, 2.45) is 0 Å². The number of halogens is 1. The fourth-order valence-electron chi connectivity index (χ4n) is 1.63. The standard InChI is InChI=1S/C12H11ClN2O2/c1-17-8-2-3-11-9(5-8)10(12(16)15-11)4-7(13)6-14/h2-6,14-16H,1H3/b7-4+,14-6?. The Morgan fingerprint density at radius 3 is 2.94 bits per heavy atom. The summed E-state index contributed by atoms with van der Waals surface area (Å²) < 4.78 is 5.12. The van der Waals surface area contributed by atoms with Gasteiger partial charge in [0.1, 0.15) is 5.75 Å². The molecule has 0 spiro atoms. The Kier molecular flexibility index (Phi) is 3.06. The highest BCUT2D eigenvalue weighted by molar-refractivity contribution is 6.41. The predicted molar refractivity (Wildman–Crippen MR) is 69.1 cm³/mol. The minimum absolute atomic E-state index is 0.0215. The first-order valence-electron chi connectivity index (χ1n) is 4.92. The molecule has 5 heteroatoms. The molecule has 2 rings (SSSR count). The second kappa shape index (κ2) is 4.51. The average Bonchev–Trinajstić information content (AvgIpc) is 2.65. The number of nitrogens with one attached hydrogen (secondary N) is 2. The first-order valence-corrected chi connectivity index (χ1v) is 5.30. The van der Waals surface area contributed by atoms with Crippen LogP contribution in [0.5, 0.6) is 11.6 Å². The Bertz CT molecular complexity index is 602. The van der Waals surface area contributed by atoms with Crippen molar-refractivity contribution in [1.29, 1.82) is 5.41 Å². The maximum atomic E-state index is 9.77. The van der Waals surface area contributed by atoms with Crippen LogP contribution in [0.4, 0.5) is 0 Å². The van der Waals surface area contributed by atoms with Crippen molar-refractivity contribution in [2.45, 2.75) is 0 Å². The number of ether oxygens (including phenoxy) is 1. The summed E-state index contributed by atoms with van der Waals surface area (Å²) in [6, 6.07) is 5.40. The van der Waals surface area contributed by atoms with Crippen LogP contribution in [0.15, 0.2) is 23.2 Å². The molecule has 0 bridgehead atoms. The highest BCUT2D eigenvalue weighted by Gasteiger charge is 2.09. The molecule has 0 aliphatic carbocycles. The summed E-state index contributed by atoms with van der Waals surface area (Å²) in [7, 11) is 1.58. The number of hydrogen-bond acceptors (Lipinski definition) is 3. The topological polar surface area (TPSA) is 69.1 Å². The van der Waals surface area contributed by atoms with Gasteiger partial charge in [0.15, 0.2) is 5.88 Å². The zero-order valence-electron chi connectivity index (χ0n) is 9.12. The van der Waals surface area contributed by atoms with E-state index in [0.717, 1.165) is 17.1 Å². The highest BCUT2D eigenvalue weighted by Crippen LogP contribution is 2.32. The molecular weight excluding hydrogens is 240 g/mol. The number of fused-ring (bicyclic) bond motifs is 1. The summed E-state index contributed by atoms with van der Waals surface area (Å²) in [6.45, 7) is 0. The van der Waals surface area contributed by atoms with E-state index < -0.39 is 0 Å². The molecule has 0 saturated heterocycles. The van der Waals surface area contributed by atoms with Crippen LogP contribution in [0.1, 0.15) is 5.56 Å². The van der Waals surface area contributed by atoms with E-state index in [1.165, 1.54) is 6.08 Å². The summed E-state index contributed by atoms with van der Waals surface area (Å²) >= 11 is 5.76. The monoisotopic (exact) mass is 250 g/mol. The second-order valence-corrected chi connectivity index (χ2v) is 3.91. The van der Waals surface area contributed by atoms with E-state index in [4.69, 9.17) is 21.7 Å². The normalized spacial score (nSPS) is 11.8. The number of methoxy groups -OCH3 is 1.